The number of hydrogen-bond acceptors (Lipinski definition) is 7. The highest BCUT2D eigenvalue weighted by molar-refractivity contribution is 6.36. The number of amides is 1. The zero-order chi connectivity index (χ0) is 25.2. The molecule has 9 nitrogen and oxygen atoms in total. The molecule has 1 fully saturated rings. The van der Waals surface area contributed by atoms with Crippen LogP contribution in [0.4, 0.5) is 17.2 Å². The summed E-state index contributed by atoms with van der Waals surface area (Å²) in [5.74, 6) is 0.816. The summed E-state index contributed by atoms with van der Waals surface area (Å²) in [6, 6.07) is 11.2. The molecule has 4 aromatic rings. The smallest absolute Gasteiger partial charge is 0.256 e. The first-order valence-corrected chi connectivity index (χ1v) is 12.2. The third-order valence-corrected chi connectivity index (χ3v) is 6.89. The molecule has 1 aliphatic rings. The Balaban J connectivity index is 1.57. The molecule has 0 atom stereocenters. The number of nitrogens with one attached hydrogen (secondary N) is 2. The summed E-state index contributed by atoms with van der Waals surface area (Å²) in [5, 5.41) is 7.66. The fourth-order valence-electron chi connectivity index (χ4n) is 4.37. The van der Waals surface area contributed by atoms with Gasteiger partial charge in [0.05, 0.1) is 12.8 Å². The van der Waals surface area contributed by atoms with Crippen molar-refractivity contribution in [2.75, 3.05) is 43.5 Å². The number of carbonyl (C=O) groups is 1. The minimum absolute atomic E-state index is 0.169. The van der Waals surface area contributed by atoms with E-state index in [0.717, 1.165) is 37.4 Å². The van der Waals surface area contributed by atoms with E-state index in [9.17, 15) is 4.79 Å². The van der Waals surface area contributed by atoms with Crippen LogP contribution >= 0.6 is 23.2 Å². The normalized spacial score (nSPS) is 13.7. The van der Waals surface area contributed by atoms with Gasteiger partial charge in [-0.3, -0.25) is 9.20 Å². The number of nitrogens with two attached hydrogens (primary N) is 1. The van der Waals surface area contributed by atoms with Crippen molar-refractivity contribution in [3.8, 4) is 5.75 Å². The third kappa shape index (κ3) is 4.65. The van der Waals surface area contributed by atoms with Crippen molar-refractivity contribution in [3.05, 3.63) is 75.8 Å². The Kier molecular flexibility index (Phi) is 6.86. The zero-order valence-electron chi connectivity index (χ0n) is 19.6. The van der Waals surface area contributed by atoms with E-state index < -0.39 is 5.91 Å². The monoisotopic (exact) mass is 525 g/mol. The van der Waals surface area contributed by atoms with Crippen LogP contribution < -0.4 is 26.0 Å². The van der Waals surface area contributed by atoms with Crippen molar-refractivity contribution in [1.29, 1.82) is 0 Å². The number of fused-ring (bicyclic) bond motifs is 1. The Labute approximate surface area is 218 Å². The minimum atomic E-state index is -0.653. The van der Waals surface area contributed by atoms with E-state index in [2.05, 4.69) is 20.5 Å². The Hall–Kier alpha value is -3.53. The van der Waals surface area contributed by atoms with Crippen LogP contribution in [0.5, 0.6) is 5.75 Å². The molecule has 0 spiro atoms. The Morgan fingerprint density at radius 3 is 2.64 bits per heavy atom. The number of methoxy groups -OCH3 is 1. The lowest BCUT2D eigenvalue weighted by Crippen LogP contribution is -2.43. The summed E-state index contributed by atoms with van der Waals surface area (Å²) in [6.07, 6.45) is 3.63. The van der Waals surface area contributed by atoms with Crippen LogP contribution in [0.25, 0.3) is 5.65 Å². The molecule has 1 amide bonds. The maximum Gasteiger partial charge on any atom is 0.256 e. The number of aromatic nitrogens is 3. The number of benzene rings is 2. The molecule has 186 valence electrons. The van der Waals surface area contributed by atoms with Crippen molar-refractivity contribution in [3.63, 3.8) is 0 Å². The lowest BCUT2D eigenvalue weighted by Gasteiger charge is -2.30. The van der Waals surface area contributed by atoms with Crippen molar-refractivity contribution in [2.24, 2.45) is 5.73 Å². The summed E-state index contributed by atoms with van der Waals surface area (Å²) in [7, 11) is 1.60. The van der Waals surface area contributed by atoms with Gasteiger partial charge in [0, 0.05) is 66.8 Å². The maximum absolute atomic E-state index is 12.5. The second kappa shape index (κ2) is 10.2. The standard InChI is InChI=1S/C25H25Cl2N7O2/c1-36-20-13-15(33-10-7-29-8-11-33)5-6-19(20)31-24-22(23(28)35)25-30-9-12-34(25)21(32-24)14-16-17(26)3-2-4-18(16)27/h2-6,9,12-13,29,31H,7-8,10-11,14H2,1H3,(H2,28,35). The topological polar surface area (TPSA) is 110 Å². The molecule has 2 aromatic heterocycles. The quantitative estimate of drug-likeness (QED) is 0.335. The number of halogens is 2. The lowest BCUT2D eigenvalue weighted by atomic mass is 10.1. The second-order valence-corrected chi connectivity index (χ2v) is 9.17. The molecule has 1 aliphatic heterocycles. The van der Waals surface area contributed by atoms with Gasteiger partial charge < -0.3 is 26.0 Å². The fourth-order valence-corrected chi connectivity index (χ4v) is 4.90. The summed E-state index contributed by atoms with van der Waals surface area (Å²) in [6.45, 7) is 3.68. The summed E-state index contributed by atoms with van der Waals surface area (Å²) < 4.78 is 7.39. The van der Waals surface area contributed by atoms with E-state index in [4.69, 9.17) is 38.7 Å². The molecule has 36 heavy (non-hydrogen) atoms. The Morgan fingerprint density at radius 2 is 1.94 bits per heavy atom. The van der Waals surface area contributed by atoms with Crippen molar-refractivity contribution < 1.29 is 9.53 Å². The predicted octanol–water partition coefficient (Wildman–Crippen LogP) is 3.89. The summed E-state index contributed by atoms with van der Waals surface area (Å²) in [5.41, 5.74) is 8.75. The van der Waals surface area contributed by atoms with E-state index in [-0.39, 0.29) is 11.4 Å². The number of primary amides is 1. The van der Waals surface area contributed by atoms with E-state index in [1.165, 1.54) is 0 Å². The highest BCUT2D eigenvalue weighted by Crippen LogP contribution is 2.34. The molecule has 4 N–H and O–H groups in total. The van der Waals surface area contributed by atoms with Gasteiger partial charge >= 0.3 is 0 Å². The molecule has 2 aromatic carbocycles. The van der Waals surface area contributed by atoms with E-state index in [1.807, 2.05) is 18.2 Å². The van der Waals surface area contributed by atoms with Crippen LogP contribution in [0, 0.1) is 0 Å². The Bertz CT molecular complexity index is 1410. The van der Waals surface area contributed by atoms with Crippen LogP contribution in [-0.4, -0.2) is 53.6 Å². The minimum Gasteiger partial charge on any atom is -0.494 e. The predicted molar refractivity (Wildman–Crippen MR) is 142 cm³/mol. The number of imidazole rings is 1. The summed E-state index contributed by atoms with van der Waals surface area (Å²) in [4.78, 5) is 24.0. The van der Waals surface area contributed by atoms with Gasteiger partial charge in [-0.2, -0.15) is 0 Å². The molecule has 0 saturated carbocycles. The highest BCUT2D eigenvalue weighted by Gasteiger charge is 2.22. The molecule has 1 saturated heterocycles. The van der Waals surface area contributed by atoms with Crippen molar-refractivity contribution in [1.82, 2.24) is 19.7 Å². The number of hydrogen-bond donors (Lipinski definition) is 3. The van der Waals surface area contributed by atoms with Gasteiger partial charge in [-0.1, -0.05) is 29.3 Å². The molecule has 0 radical (unpaired) electrons. The molecule has 0 unspecified atom stereocenters. The van der Waals surface area contributed by atoms with E-state index >= 15 is 0 Å². The van der Waals surface area contributed by atoms with Gasteiger partial charge in [-0.25, -0.2) is 9.97 Å². The first kappa shape index (κ1) is 24.2. The van der Waals surface area contributed by atoms with Crippen LogP contribution in [-0.2, 0) is 6.42 Å². The molecule has 0 aliphatic carbocycles. The number of ether oxygens (including phenoxy) is 1. The van der Waals surface area contributed by atoms with E-state index in [0.29, 0.717) is 39.4 Å². The van der Waals surface area contributed by atoms with Crippen LogP contribution in [0.15, 0.2) is 48.8 Å². The SMILES string of the molecule is COc1cc(N2CCNCC2)ccc1Nc1nc(Cc2c(Cl)cccc2Cl)n2ccnc2c1C(N)=O. The van der Waals surface area contributed by atoms with Crippen molar-refractivity contribution >= 4 is 51.9 Å². The average Bonchev–Trinajstić information content (AvgIpc) is 3.36. The van der Waals surface area contributed by atoms with Gasteiger partial charge in [-0.05, 0) is 29.8 Å². The fraction of sp³-hybridized carbons (Fsp3) is 0.240. The molecule has 11 heteroatoms. The zero-order valence-corrected chi connectivity index (χ0v) is 21.1. The first-order valence-electron chi connectivity index (χ1n) is 11.5. The van der Waals surface area contributed by atoms with Crippen LogP contribution in [0.2, 0.25) is 10.0 Å². The number of piperazine rings is 1. The molecular weight excluding hydrogens is 501 g/mol. The largest absolute Gasteiger partial charge is 0.494 e. The molecule has 5 rings (SSSR count). The number of rotatable bonds is 7. The van der Waals surface area contributed by atoms with Crippen molar-refractivity contribution in [2.45, 2.75) is 6.42 Å². The molecule has 0 bridgehead atoms. The molecule has 3 heterocycles. The summed E-state index contributed by atoms with van der Waals surface area (Å²) >= 11 is 12.8. The van der Waals surface area contributed by atoms with Gasteiger partial charge in [0.15, 0.2) is 5.65 Å². The van der Waals surface area contributed by atoms with Gasteiger partial charge in [-0.15, -0.1) is 0 Å². The van der Waals surface area contributed by atoms with Gasteiger partial charge in [0.2, 0.25) is 0 Å². The highest BCUT2D eigenvalue weighted by atomic mass is 35.5. The maximum atomic E-state index is 12.5. The average molecular weight is 526 g/mol. The number of anilines is 3. The Morgan fingerprint density at radius 1 is 1.19 bits per heavy atom. The van der Waals surface area contributed by atoms with Crippen LogP contribution in [0.3, 0.4) is 0 Å². The second-order valence-electron chi connectivity index (χ2n) is 8.36. The van der Waals surface area contributed by atoms with Gasteiger partial charge in [0.25, 0.3) is 5.91 Å². The number of carbonyl (C=O) groups excluding carboxylic acids is 1. The van der Waals surface area contributed by atoms with E-state index in [1.54, 1.807) is 42.1 Å². The third-order valence-electron chi connectivity index (χ3n) is 6.18. The van der Waals surface area contributed by atoms with Gasteiger partial charge in [0.1, 0.15) is 23.0 Å². The lowest BCUT2D eigenvalue weighted by molar-refractivity contribution is 0.100. The number of nitrogens with zero attached hydrogens (tertiary/aromatic N) is 4. The van der Waals surface area contributed by atoms with Crippen LogP contribution in [0.1, 0.15) is 21.7 Å². The molecular formula is C25H25Cl2N7O2. The first-order chi connectivity index (χ1) is 17.5.